The highest BCUT2D eigenvalue weighted by molar-refractivity contribution is 7.98. The van der Waals surface area contributed by atoms with Gasteiger partial charge in [-0.15, -0.1) is 0 Å². The second-order valence-corrected chi connectivity index (χ2v) is 5.77. The van der Waals surface area contributed by atoms with Crippen molar-refractivity contribution in [2.75, 3.05) is 51.6 Å². The van der Waals surface area contributed by atoms with E-state index in [1.165, 1.54) is 0 Å². The van der Waals surface area contributed by atoms with Gasteiger partial charge in [-0.3, -0.25) is 0 Å². The third-order valence-electron chi connectivity index (χ3n) is 3.16. The first kappa shape index (κ1) is 20.1. The van der Waals surface area contributed by atoms with Crippen molar-refractivity contribution in [3.8, 4) is 0 Å². The van der Waals surface area contributed by atoms with E-state index < -0.39 is 37.3 Å². The van der Waals surface area contributed by atoms with E-state index in [4.69, 9.17) is 24.1 Å². The number of ether oxygens (including phenoxy) is 4. The predicted octanol–water partition coefficient (Wildman–Crippen LogP) is -1.80. The van der Waals surface area contributed by atoms with E-state index in [2.05, 4.69) is 0 Å². The highest BCUT2D eigenvalue weighted by Gasteiger charge is 2.43. The van der Waals surface area contributed by atoms with Gasteiger partial charge in [-0.1, -0.05) is 0 Å². The summed E-state index contributed by atoms with van der Waals surface area (Å²) in [6.45, 7) is 1.57. The van der Waals surface area contributed by atoms with Crippen molar-refractivity contribution in [1.82, 2.24) is 0 Å². The Kier molecular flexibility index (Phi) is 10.5. The molecule has 22 heavy (non-hydrogen) atoms. The Morgan fingerprint density at radius 1 is 0.909 bits per heavy atom. The van der Waals surface area contributed by atoms with Crippen molar-refractivity contribution >= 4 is 11.8 Å². The summed E-state index contributed by atoms with van der Waals surface area (Å²) >= 11 is 1.71. The van der Waals surface area contributed by atoms with Crippen LogP contribution in [0.4, 0.5) is 0 Å². The highest BCUT2D eigenvalue weighted by Crippen LogP contribution is 2.21. The molecule has 1 fully saturated rings. The Morgan fingerprint density at radius 3 is 2.18 bits per heavy atom. The third kappa shape index (κ3) is 6.65. The van der Waals surface area contributed by atoms with E-state index in [0.29, 0.717) is 19.8 Å². The van der Waals surface area contributed by atoms with Gasteiger partial charge >= 0.3 is 0 Å². The van der Waals surface area contributed by atoms with Gasteiger partial charge in [0.05, 0.1) is 39.6 Å². The zero-order valence-electron chi connectivity index (χ0n) is 12.7. The standard InChI is InChI=1S/C13H26O8S/c1-22-7-6-19-3-2-18-4-5-20-13-12(17)11(16)10(15)9(8-14)21-13/h9-17H,2-8H2,1H3/t9-,10-,11+,12-,13-/m1/s1. The van der Waals surface area contributed by atoms with Gasteiger partial charge in [0.1, 0.15) is 24.4 Å². The molecule has 0 unspecified atom stereocenters. The summed E-state index contributed by atoms with van der Waals surface area (Å²) in [6, 6.07) is 0. The SMILES string of the molecule is CSCCOCCOCCO[C@@H]1O[C@H](CO)[C@@H](O)[C@H](O)[C@H]1O. The van der Waals surface area contributed by atoms with Crippen LogP contribution in [-0.2, 0) is 18.9 Å². The molecule has 0 aromatic heterocycles. The maximum absolute atomic E-state index is 9.74. The molecule has 0 aromatic rings. The molecule has 4 N–H and O–H groups in total. The van der Waals surface area contributed by atoms with Gasteiger partial charge in [0.25, 0.3) is 0 Å². The summed E-state index contributed by atoms with van der Waals surface area (Å²) in [5.74, 6) is 0.945. The number of hydrogen-bond acceptors (Lipinski definition) is 9. The van der Waals surface area contributed by atoms with Crippen LogP contribution >= 0.6 is 11.8 Å². The van der Waals surface area contributed by atoms with Crippen LogP contribution < -0.4 is 0 Å². The highest BCUT2D eigenvalue weighted by atomic mass is 32.2. The quantitative estimate of drug-likeness (QED) is 0.323. The lowest BCUT2D eigenvalue weighted by atomic mass is 9.99. The maximum atomic E-state index is 9.74. The van der Waals surface area contributed by atoms with E-state index in [0.717, 1.165) is 5.75 Å². The topological polar surface area (TPSA) is 118 Å². The van der Waals surface area contributed by atoms with E-state index in [1.807, 2.05) is 6.26 Å². The first-order chi connectivity index (χ1) is 10.6. The fourth-order valence-corrected chi connectivity index (χ4v) is 2.18. The largest absolute Gasteiger partial charge is 0.394 e. The fourth-order valence-electron chi connectivity index (χ4n) is 1.89. The second kappa shape index (κ2) is 11.5. The number of aliphatic hydroxyl groups excluding tert-OH is 4. The molecule has 0 amide bonds. The third-order valence-corrected chi connectivity index (χ3v) is 3.74. The zero-order chi connectivity index (χ0) is 16.4. The van der Waals surface area contributed by atoms with Crippen LogP contribution in [-0.4, -0.2) is 103 Å². The van der Waals surface area contributed by atoms with Gasteiger partial charge in [0.2, 0.25) is 0 Å². The van der Waals surface area contributed by atoms with Crippen molar-refractivity contribution in [2.24, 2.45) is 0 Å². The fraction of sp³-hybridized carbons (Fsp3) is 1.00. The lowest BCUT2D eigenvalue weighted by Crippen LogP contribution is -2.59. The van der Waals surface area contributed by atoms with Crippen molar-refractivity contribution in [1.29, 1.82) is 0 Å². The molecule has 0 spiro atoms. The summed E-state index contributed by atoms with van der Waals surface area (Å²) in [5, 5.41) is 38.0. The van der Waals surface area contributed by atoms with Gasteiger partial charge < -0.3 is 39.4 Å². The molecule has 5 atom stereocenters. The van der Waals surface area contributed by atoms with Gasteiger partial charge in [-0.2, -0.15) is 11.8 Å². The van der Waals surface area contributed by atoms with E-state index in [1.54, 1.807) is 11.8 Å². The molecule has 0 radical (unpaired) electrons. The molecule has 0 saturated carbocycles. The molecule has 9 heteroatoms. The molecule has 0 aliphatic carbocycles. The Labute approximate surface area is 134 Å². The molecule has 8 nitrogen and oxygen atoms in total. The first-order valence-corrected chi connectivity index (χ1v) is 8.57. The lowest BCUT2D eigenvalue weighted by molar-refractivity contribution is -0.302. The second-order valence-electron chi connectivity index (χ2n) is 4.79. The van der Waals surface area contributed by atoms with E-state index >= 15 is 0 Å². The number of aliphatic hydroxyl groups is 4. The molecular formula is C13H26O8S. The summed E-state index contributed by atoms with van der Waals surface area (Å²) in [6.07, 6.45) is -4.26. The summed E-state index contributed by atoms with van der Waals surface area (Å²) in [4.78, 5) is 0. The minimum Gasteiger partial charge on any atom is -0.394 e. The first-order valence-electron chi connectivity index (χ1n) is 7.18. The Hall–Kier alpha value is 0.0300. The Morgan fingerprint density at radius 2 is 1.55 bits per heavy atom. The Balaban J connectivity index is 2.11. The van der Waals surface area contributed by atoms with Crippen LogP contribution in [0.5, 0.6) is 0 Å². The summed E-state index contributed by atoms with van der Waals surface area (Å²) in [7, 11) is 0. The van der Waals surface area contributed by atoms with Crippen molar-refractivity contribution in [2.45, 2.75) is 30.7 Å². The summed E-state index contributed by atoms with van der Waals surface area (Å²) in [5.41, 5.74) is 0. The number of thioether (sulfide) groups is 1. The lowest BCUT2D eigenvalue weighted by Gasteiger charge is -2.39. The minimum atomic E-state index is -1.43. The molecule has 0 bridgehead atoms. The molecule has 132 valence electrons. The van der Waals surface area contributed by atoms with Gasteiger partial charge in [-0.05, 0) is 6.26 Å². The van der Waals surface area contributed by atoms with Crippen molar-refractivity contribution < 1.29 is 39.4 Å². The van der Waals surface area contributed by atoms with Crippen LogP contribution in [0.15, 0.2) is 0 Å². The molecule has 1 rings (SSSR count). The Bertz CT molecular complexity index is 281. The smallest absolute Gasteiger partial charge is 0.186 e. The summed E-state index contributed by atoms with van der Waals surface area (Å²) < 4.78 is 21.0. The monoisotopic (exact) mass is 342 g/mol. The maximum Gasteiger partial charge on any atom is 0.186 e. The van der Waals surface area contributed by atoms with Gasteiger partial charge in [-0.25, -0.2) is 0 Å². The van der Waals surface area contributed by atoms with E-state index in [9.17, 15) is 15.3 Å². The molecule has 1 aliphatic heterocycles. The zero-order valence-corrected chi connectivity index (χ0v) is 13.5. The van der Waals surface area contributed by atoms with Gasteiger partial charge in [0.15, 0.2) is 6.29 Å². The molecule has 0 aromatic carbocycles. The molecule has 1 heterocycles. The number of hydrogen-bond donors (Lipinski definition) is 4. The normalized spacial score (nSPS) is 32.3. The van der Waals surface area contributed by atoms with Crippen LogP contribution in [0.25, 0.3) is 0 Å². The molecular weight excluding hydrogens is 316 g/mol. The van der Waals surface area contributed by atoms with Crippen LogP contribution in [0, 0.1) is 0 Å². The average molecular weight is 342 g/mol. The van der Waals surface area contributed by atoms with Crippen LogP contribution in [0.3, 0.4) is 0 Å². The van der Waals surface area contributed by atoms with Gasteiger partial charge in [0, 0.05) is 5.75 Å². The average Bonchev–Trinajstić information content (AvgIpc) is 2.53. The van der Waals surface area contributed by atoms with E-state index in [-0.39, 0.29) is 13.2 Å². The van der Waals surface area contributed by atoms with Crippen LogP contribution in [0.2, 0.25) is 0 Å². The minimum absolute atomic E-state index is 0.146. The van der Waals surface area contributed by atoms with Crippen molar-refractivity contribution in [3.05, 3.63) is 0 Å². The number of rotatable bonds is 11. The molecule has 1 saturated heterocycles. The van der Waals surface area contributed by atoms with Crippen LogP contribution in [0.1, 0.15) is 0 Å². The molecule has 1 aliphatic rings. The van der Waals surface area contributed by atoms with Crippen molar-refractivity contribution in [3.63, 3.8) is 0 Å². The predicted molar refractivity (Wildman–Crippen MR) is 79.7 cm³/mol.